The fourth-order valence-electron chi connectivity index (χ4n) is 8.83. The van der Waals surface area contributed by atoms with Gasteiger partial charge in [-0.3, -0.25) is 9.89 Å². The van der Waals surface area contributed by atoms with Gasteiger partial charge in [0, 0.05) is 60.3 Å². The van der Waals surface area contributed by atoms with Crippen LogP contribution >= 0.6 is 8.86 Å². The number of likely N-dealkylation sites (tertiary alicyclic amines) is 1. The zero-order valence-corrected chi connectivity index (χ0v) is 30.2. The molecule has 1 spiro atoms. The Morgan fingerprint density at radius 1 is 1.27 bits per heavy atom. The molecular weight excluding hydrogens is 674 g/mol. The molecule has 0 aromatic heterocycles. The minimum Gasteiger partial charge on any atom is -0.508 e. The van der Waals surface area contributed by atoms with Gasteiger partial charge < -0.3 is 20.5 Å². The predicted molar refractivity (Wildman–Crippen MR) is 190 cm³/mol. The van der Waals surface area contributed by atoms with Gasteiger partial charge in [-0.2, -0.15) is 0 Å². The summed E-state index contributed by atoms with van der Waals surface area (Å²) in [5, 5.41) is 10.5. The Morgan fingerprint density at radius 2 is 2.00 bits per heavy atom. The van der Waals surface area contributed by atoms with Crippen molar-refractivity contribution < 1.29 is 31.4 Å². The van der Waals surface area contributed by atoms with Crippen molar-refractivity contribution in [1.29, 1.82) is 0 Å². The molecule has 6 rings (SSSR count). The number of amidine groups is 1. The molecule has 49 heavy (non-hydrogen) atoms. The van der Waals surface area contributed by atoms with Crippen molar-refractivity contribution in [2.24, 2.45) is 27.1 Å². The molecule has 0 bridgehead atoms. The van der Waals surface area contributed by atoms with E-state index in [1.165, 1.54) is 18.4 Å². The van der Waals surface area contributed by atoms with Crippen LogP contribution in [0.1, 0.15) is 59.3 Å². The van der Waals surface area contributed by atoms with Crippen LogP contribution < -0.4 is 5.73 Å². The molecule has 3 unspecified atom stereocenters. The number of allylic oxidation sites excluding steroid dienone is 7. The maximum atomic E-state index is 16.7. The molecule has 9 nitrogen and oxygen atoms in total. The quantitative estimate of drug-likeness (QED) is 0.198. The number of aliphatic hydroxyl groups excluding tert-OH is 1. The number of hydrogen-bond donors (Lipinski definition) is 2. The molecule has 268 valence electrons. The highest BCUT2D eigenvalue weighted by Gasteiger charge is 2.52. The van der Waals surface area contributed by atoms with E-state index in [1.54, 1.807) is 13.0 Å². The zero-order chi connectivity index (χ0) is 35.3. The number of aliphatic imine (C=N–C) groups is 2. The number of aliphatic hydroxyl groups is 1. The van der Waals surface area contributed by atoms with Crippen LogP contribution in [-0.2, 0) is 14.6 Å². The number of sulfone groups is 1. The van der Waals surface area contributed by atoms with Gasteiger partial charge in [-0.15, -0.1) is 0 Å². The third-order valence-electron chi connectivity index (χ3n) is 11.0. The molecule has 4 fully saturated rings. The van der Waals surface area contributed by atoms with Crippen molar-refractivity contribution in [3.8, 4) is 0 Å². The van der Waals surface area contributed by atoms with Crippen LogP contribution in [0.2, 0.25) is 0 Å². The fourth-order valence-corrected chi connectivity index (χ4v) is 11.3. The van der Waals surface area contributed by atoms with Gasteiger partial charge in [0.1, 0.15) is 23.6 Å². The van der Waals surface area contributed by atoms with E-state index in [0.29, 0.717) is 61.5 Å². The minimum atomic E-state index is -3.12. The smallest absolute Gasteiger partial charge is 0.188 e. The number of halogens is 3. The van der Waals surface area contributed by atoms with E-state index in [4.69, 9.17) is 15.5 Å². The summed E-state index contributed by atoms with van der Waals surface area (Å²) in [7, 11) is 0.412. The summed E-state index contributed by atoms with van der Waals surface area (Å²) in [6.45, 7) is 7.57. The topological polar surface area (TPSA) is 121 Å². The SMILES string of the molecule is C/C=C(F)\C(CC)=C1\C(C2=NC=C(C(=NC(=P)OC[C@@]34CCCN3C[C@H](F)C4)N3CCCC4(C3)CS(=O)(=O)C4)C(N)C2F)=CC(O)=CC1C. The second-order valence-electron chi connectivity index (χ2n) is 14.5. The van der Waals surface area contributed by atoms with Crippen LogP contribution in [0.5, 0.6) is 0 Å². The van der Waals surface area contributed by atoms with Gasteiger partial charge in [-0.1, -0.05) is 28.8 Å². The first-order valence-corrected chi connectivity index (χ1v) is 19.5. The van der Waals surface area contributed by atoms with E-state index in [1.807, 2.05) is 18.7 Å². The van der Waals surface area contributed by atoms with E-state index in [-0.39, 0.29) is 40.8 Å². The van der Waals surface area contributed by atoms with Gasteiger partial charge in [0.25, 0.3) is 0 Å². The first-order valence-electron chi connectivity index (χ1n) is 17.2. The van der Waals surface area contributed by atoms with Crippen LogP contribution in [0.3, 0.4) is 0 Å². The normalized spacial score (nSPS) is 34.1. The largest absolute Gasteiger partial charge is 0.508 e. The van der Waals surface area contributed by atoms with Crippen molar-refractivity contribution in [3.05, 3.63) is 58.3 Å². The van der Waals surface area contributed by atoms with Crippen LogP contribution in [0.4, 0.5) is 13.2 Å². The third-order valence-corrected chi connectivity index (χ3v) is 13.3. The Kier molecular flexibility index (Phi) is 10.2. The Morgan fingerprint density at radius 3 is 2.69 bits per heavy atom. The molecule has 5 heterocycles. The summed E-state index contributed by atoms with van der Waals surface area (Å²) in [6.07, 6.45) is 7.02. The second kappa shape index (κ2) is 13.9. The maximum Gasteiger partial charge on any atom is 0.188 e. The lowest BCUT2D eigenvalue weighted by Gasteiger charge is -2.49. The summed E-state index contributed by atoms with van der Waals surface area (Å²) in [6, 6.07) is -1.25. The van der Waals surface area contributed by atoms with Crippen molar-refractivity contribution in [1.82, 2.24) is 9.80 Å². The summed E-state index contributed by atoms with van der Waals surface area (Å²) in [5.74, 6) is -0.442. The van der Waals surface area contributed by atoms with Gasteiger partial charge in [0.15, 0.2) is 21.6 Å². The summed E-state index contributed by atoms with van der Waals surface area (Å²) < 4.78 is 76.8. The molecule has 5 atom stereocenters. The lowest BCUT2D eigenvalue weighted by molar-refractivity contribution is 0.108. The number of rotatable bonds is 8. The molecule has 6 aliphatic rings. The molecule has 14 heteroatoms. The minimum absolute atomic E-state index is 0.0200. The number of piperidine rings is 1. The van der Waals surface area contributed by atoms with Crippen molar-refractivity contribution >= 4 is 35.9 Å². The molecule has 3 N–H and O–H groups in total. The van der Waals surface area contributed by atoms with Gasteiger partial charge >= 0.3 is 0 Å². The molecule has 0 amide bonds. The van der Waals surface area contributed by atoms with Crippen molar-refractivity contribution in [2.45, 2.75) is 83.2 Å². The molecule has 4 saturated heterocycles. The van der Waals surface area contributed by atoms with Crippen LogP contribution in [0.15, 0.2) is 68.3 Å². The Bertz CT molecular complexity index is 1710. The highest BCUT2D eigenvalue weighted by molar-refractivity contribution is 7.92. The number of ether oxygens (including phenoxy) is 1. The lowest BCUT2D eigenvalue weighted by Crippen LogP contribution is -2.59. The number of alkyl halides is 2. The molecule has 0 aromatic rings. The summed E-state index contributed by atoms with van der Waals surface area (Å²) in [5.41, 5.74) is 7.45. The van der Waals surface area contributed by atoms with E-state index in [2.05, 4.69) is 18.8 Å². The van der Waals surface area contributed by atoms with E-state index in [9.17, 15) is 17.9 Å². The molecule has 1 aliphatic carbocycles. The maximum absolute atomic E-state index is 16.7. The molecular formula is C35H47F3N5O4PS. The zero-order valence-electron chi connectivity index (χ0n) is 28.4. The Labute approximate surface area is 289 Å². The number of fused-ring (bicyclic) bond motifs is 1. The van der Waals surface area contributed by atoms with Gasteiger partial charge in [-0.05, 0) is 68.9 Å². The van der Waals surface area contributed by atoms with Gasteiger partial charge in [-0.25, -0.2) is 26.6 Å². The highest BCUT2D eigenvalue weighted by Crippen LogP contribution is 2.43. The van der Waals surface area contributed by atoms with Crippen molar-refractivity contribution in [2.75, 3.05) is 44.3 Å². The third kappa shape index (κ3) is 7.03. The second-order valence-corrected chi connectivity index (χ2v) is 17.0. The number of nitrogens with two attached hydrogens (primary N) is 1. The lowest BCUT2D eigenvalue weighted by atomic mass is 9.79. The van der Waals surface area contributed by atoms with Crippen LogP contribution in [-0.4, -0.2) is 109 Å². The van der Waals surface area contributed by atoms with Crippen molar-refractivity contribution in [3.63, 3.8) is 0 Å². The van der Waals surface area contributed by atoms with E-state index >= 15 is 8.78 Å². The molecule has 0 aromatic carbocycles. The highest BCUT2D eigenvalue weighted by atomic mass is 32.2. The predicted octanol–water partition coefficient (Wildman–Crippen LogP) is 5.32. The van der Waals surface area contributed by atoms with Gasteiger partial charge in [0.2, 0.25) is 0 Å². The number of nitrogens with zero attached hydrogens (tertiary/aromatic N) is 4. The Balaban J connectivity index is 1.36. The van der Waals surface area contributed by atoms with E-state index in [0.717, 1.165) is 25.8 Å². The molecule has 0 radical (unpaired) electrons. The van der Waals surface area contributed by atoms with Crippen LogP contribution in [0, 0.1) is 11.3 Å². The number of hydrogen-bond acceptors (Lipinski definition) is 7. The van der Waals surface area contributed by atoms with Crippen LogP contribution in [0.25, 0.3) is 0 Å². The summed E-state index contributed by atoms with van der Waals surface area (Å²) in [4.78, 5) is 13.4. The first-order chi connectivity index (χ1) is 23.2. The standard InChI is InChI=1S/C35H47F3N5O4PS/c1-4-24(27(37)5-2)28-21(3)12-23(44)13-25(28)31-29(38)30(39)26(15-40-31)32(42-10-6-8-34(17-42)19-49(45,46)20-34)41-33(48)47-18-35-9-7-11-43(35)16-22(36)14-35/h5,12-13,15,21-22,29-30,44,48H,4,6-11,14,16-20,39H2,1-3H3/b27-5+,28-24+,41-32?/t21?,22-,29?,30?,35+/m1/s1. The van der Waals surface area contributed by atoms with E-state index < -0.39 is 50.9 Å². The average molecular weight is 722 g/mol. The first kappa shape index (κ1) is 36.2. The Hall–Kier alpha value is -2.57. The fraction of sp³-hybridized carbons (Fsp3) is 0.629. The monoisotopic (exact) mass is 721 g/mol. The molecule has 0 saturated carbocycles. The molecule has 5 aliphatic heterocycles. The average Bonchev–Trinajstić information content (AvgIpc) is 3.56. The summed E-state index contributed by atoms with van der Waals surface area (Å²) >= 11 is 0. The van der Waals surface area contributed by atoms with Gasteiger partial charge in [0.05, 0.1) is 29.9 Å².